The summed E-state index contributed by atoms with van der Waals surface area (Å²) in [6, 6.07) is 43.0. The smallest absolute Gasteiger partial charge is 0.336 e. The molecule has 72 heavy (non-hydrogen) atoms. The molecule has 9 aromatic rings. The van der Waals surface area contributed by atoms with Gasteiger partial charge in [0.2, 0.25) is 0 Å². The Labute approximate surface area is 407 Å². The van der Waals surface area contributed by atoms with Crippen LogP contribution in [-0.2, 0) is 0 Å². The standard InChI is InChI=1S/C54H36N4O12P2/c59-43-29-15-1-3-17-31(29)45(61)57-49(35-21-7-9-23-37(35)51(63)64)71(41-27-13-11-25-39(41)53(67)68)47(55(43)57)33-19-5-6-20-34(33)48-56-44(60)30-16-2-4-18-32(30)46(62)58(56)50(36-22-8-10-24-38(36)52(65)66)72(48)42-28-14-12-26-40(42)54(69)70/h1-28,47-50H,(H,63,64)(H,65,66)(H,67,68)(H,69,70)/t47-,48-,49-,50-,71?,72?/m1/s1. The van der Waals surface area contributed by atoms with Gasteiger partial charge < -0.3 is 20.4 Å². The predicted molar refractivity (Wildman–Crippen MR) is 271 cm³/mol. The number of rotatable bonds is 10. The lowest BCUT2D eigenvalue weighted by molar-refractivity contribution is 0.0684. The summed E-state index contributed by atoms with van der Waals surface area (Å²) in [5.41, 5.74) is -2.83. The van der Waals surface area contributed by atoms with E-state index in [9.17, 15) is 39.6 Å². The summed E-state index contributed by atoms with van der Waals surface area (Å²) in [6.45, 7) is 0. The fraction of sp³-hybridized carbons (Fsp3) is 0.0741. The highest BCUT2D eigenvalue weighted by Crippen LogP contribution is 2.70. The minimum absolute atomic E-state index is 0.0123. The average Bonchev–Trinajstić information content (AvgIpc) is 3.95. The van der Waals surface area contributed by atoms with Crippen LogP contribution in [-0.4, -0.2) is 63.0 Å². The number of carboxylic acids is 4. The second kappa shape index (κ2) is 17.5. The number of hydrogen-bond donors (Lipinski definition) is 4. The second-order valence-electron chi connectivity index (χ2n) is 17.1. The maximum absolute atomic E-state index is 15.5. The van der Waals surface area contributed by atoms with E-state index in [1.54, 1.807) is 84.9 Å². The van der Waals surface area contributed by atoms with Gasteiger partial charge in [0.15, 0.2) is 0 Å². The maximum Gasteiger partial charge on any atom is 0.336 e. The van der Waals surface area contributed by atoms with Crippen molar-refractivity contribution in [2.45, 2.75) is 23.1 Å². The lowest BCUT2D eigenvalue weighted by Crippen LogP contribution is -2.38. The van der Waals surface area contributed by atoms with E-state index < -0.39 is 85.1 Å². The molecule has 354 valence electrons. The van der Waals surface area contributed by atoms with E-state index in [4.69, 9.17) is 0 Å². The number of nitrogens with zero attached hydrogens (tertiary/aromatic N) is 4. The number of carboxylic acid groups (broad SMARTS) is 4. The number of fused-ring (bicyclic) bond motifs is 4. The molecule has 0 aliphatic carbocycles. The Balaban J connectivity index is 1.33. The first-order valence-electron chi connectivity index (χ1n) is 22.3. The molecule has 16 nitrogen and oxygen atoms in total. The van der Waals surface area contributed by atoms with Crippen molar-refractivity contribution in [1.29, 1.82) is 0 Å². The molecule has 0 radical (unpaired) electrons. The number of aromatic nitrogens is 4. The molecule has 2 unspecified atom stereocenters. The molecular formula is C54H36N4O12P2. The zero-order valence-electron chi connectivity index (χ0n) is 37.2. The summed E-state index contributed by atoms with van der Waals surface area (Å²) < 4.78 is 4.90. The van der Waals surface area contributed by atoms with Crippen molar-refractivity contribution in [2.75, 3.05) is 0 Å². The van der Waals surface area contributed by atoms with E-state index in [1.165, 1.54) is 104 Å². The molecular weight excluding hydrogens is 959 g/mol. The van der Waals surface area contributed by atoms with Crippen molar-refractivity contribution in [2.24, 2.45) is 0 Å². The number of hydrogen-bond acceptors (Lipinski definition) is 8. The van der Waals surface area contributed by atoms with Crippen LogP contribution in [0.2, 0.25) is 0 Å². The molecule has 11 rings (SSSR count). The van der Waals surface area contributed by atoms with Gasteiger partial charge in [-0.1, -0.05) is 121 Å². The molecule has 6 atom stereocenters. The summed E-state index contributed by atoms with van der Waals surface area (Å²) in [6.07, 6.45) is 0. The molecule has 4 heterocycles. The molecule has 2 aliphatic heterocycles. The van der Waals surface area contributed by atoms with E-state index in [0.717, 1.165) is 0 Å². The summed E-state index contributed by atoms with van der Waals surface area (Å²) >= 11 is 0. The van der Waals surface area contributed by atoms with Crippen molar-refractivity contribution in [3.05, 3.63) is 256 Å². The van der Waals surface area contributed by atoms with E-state index in [0.29, 0.717) is 0 Å². The van der Waals surface area contributed by atoms with Gasteiger partial charge in [0, 0.05) is 0 Å². The van der Waals surface area contributed by atoms with Gasteiger partial charge in [-0.15, -0.1) is 0 Å². The molecule has 0 amide bonds. The number of carbonyl (C=O) groups is 4. The molecule has 0 spiro atoms. The van der Waals surface area contributed by atoms with E-state index in [-0.39, 0.29) is 76.7 Å². The van der Waals surface area contributed by atoms with Gasteiger partial charge in [-0.05, 0) is 97.2 Å². The Morgan fingerprint density at radius 3 is 0.819 bits per heavy atom. The van der Waals surface area contributed by atoms with E-state index in [2.05, 4.69) is 0 Å². The van der Waals surface area contributed by atoms with Gasteiger partial charge in [-0.2, -0.15) is 0 Å². The zero-order chi connectivity index (χ0) is 50.3. The number of aromatic carboxylic acids is 4. The van der Waals surface area contributed by atoms with Gasteiger partial charge in [-0.3, -0.25) is 19.2 Å². The van der Waals surface area contributed by atoms with Crippen LogP contribution in [0.5, 0.6) is 0 Å². The van der Waals surface area contributed by atoms with Crippen molar-refractivity contribution in [3.63, 3.8) is 0 Å². The Morgan fingerprint density at radius 2 is 0.528 bits per heavy atom. The third kappa shape index (κ3) is 6.82. The maximum atomic E-state index is 15.5. The van der Waals surface area contributed by atoms with Crippen molar-refractivity contribution >= 4 is 71.9 Å². The zero-order valence-corrected chi connectivity index (χ0v) is 39.0. The molecule has 0 bridgehead atoms. The monoisotopic (exact) mass is 994 g/mol. The van der Waals surface area contributed by atoms with E-state index >= 15 is 19.2 Å². The van der Waals surface area contributed by atoms with Crippen LogP contribution in [0, 0.1) is 0 Å². The SMILES string of the molecule is O=C(O)c1ccccc1[C@@H]1n2c(=O)c3ccccc3c(=O)n2[C@@H](c2ccccc2[C@@H]2n3c(=O)c4ccccc4c(=O)n3[C@@H](c3ccccc3C(=O)O)P2c2ccccc2C(=O)O)P1c1ccccc1C(=O)O. The van der Waals surface area contributed by atoms with Gasteiger partial charge in [-0.25, -0.2) is 37.9 Å². The van der Waals surface area contributed by atoms with Crippen LogP contribution >= 0.6 is 15.8 Å². The molecule has 2 aliphatic rings. The highest BCUT2D eigenvalue weighted by atomic mass is 31.1. The van der Waals surface area contributed by atoms with Crippen molar-refractivity contribution in [3.8, 4) is 0 Å². The summed E-state index contributed by atoms with van der Waals surface area (Å²) in [7, 11) is -4.74. The number of benzene rings is 7. The van der Waals surface area contributed by atoms with Crippen LogP contribution in [0.1, 0.15) is 86.8 Å². The average molecular weight is 995 g/mol. The molecule has 0 saturated carbocycles. The van der Waals surface area contributed by atoms with Gasteiger partial charge in [0.05, 0.1) is 43.8 Å². The van der Waals surface area contributed by atoms with Crippen LogP contribution in [0.25, 0.3) is 21.5 Å². The second-order valence-corrected chi connectivity index (χ2v) is 21.6. The topological polar surface area (TPSA) is 237 Å². The minimum atomic E-state index is -2.37. The molecule has 2 aromatic heterocycles. The van der Waals surface area contributed by atoms with Crippen LogP contribution < -0.4 is 32.8 Å². The van der Waals surface area contributed by atoms with Gasteiger partial charge >= 0.3 is 23.9 Å². The molecule has 0 fully saturated rings. The first kappa shape index (κ1) is 45.6. The van der Waals surface area contributed by atoms with Crippen LogP contribution in [0.15, 0.2) is 189 Å². The molecule has 0 saturated heterocycles. The third-order valence-corrected chi connectivity index (χ3v) is 19.4. The van der Waals surface area contributed by atoms with Crippen LogP contribution in [0.3, 0.4) is 0 Å². The molecule has 7 aromatic carbocycles. The Bertz CT molecular complexity index is 3830. The first-order chi connectivity index (χ1) is 34.8. The largest absolute Gasteiger partial charge is 0.478 e. The van der Waals surface area contributed by atoms with E-state index in [1.807, 2.05) is 0 Å². The Morgan fingerprint density at radius 1 is 0.306 bits per heavy atom. The highest BCUT2D eigenvalue weighted by Gasteiger charge is 2.52. The Hall–Kier alpha value is -8.84. The quantitative estimate of drug-likeness (QED) is 0.0991. The van der Waals surface area contributed by atoms with Crippen molar-refractivity contribution in [1.82, 2.24) is 18.7 Å². The minimum Gasteiger partial charge on any atom is -0.478 e. The highest BCUT2D eigenvalue weighted by molar-refractivity contribution is 7.67. The normalized spacial score (nSPS) is 18.9. The van der Waals surface area contributed by atoms with Crippen molar-refractivity contribution < 1.29 is 39.6 Å². The van der Waals surface area contributed by atoms with Crippen LogP contribution in [0.4, 0.5) is 0 Å². The predicted octanol–water partition coefficient (Wildman–Crippen LogP) is 7.26. The summed E-state index contributed by atoms with van der Waals surface area (Å²) in [5.74, 6) is -10.7. The lowest BCUT2D eigenvalue weighted by atomic mass is 10.1. The first-order valence-corrected chi connectivity index (χ1v) is 25.2. The summed E-state index contributed by atoms with van der Waals surface area (Å²) in [4.78, 5) is 115. The fourth-order valence-corrected chi connectivity index (χ4v) is 17.4. The van der Waals surface area contributed by atoms with Gasteiger partial charge in [0.25, 0.3) is 22.2 Å². The third-order valence-electron chi connectivity index (χ3n) is 13.4. The fourth-order valence-electron chi connectivity index (χ4n) is 10.5. The summed E-state index contributed by atoms with van der Waals surface area (Å²) in [5, 5.41) is 43.7. The Kier molecular flexibility index (Phi) is 11.1. The van der Waals surface area contributed by atoms with Gasteiger partial charge in [0.1, 0.15) is 23.1 Å². The molecule has 4 N–H and O–H groups in total. The molecule has 18 heteroatoms. The lowest BCUT2D eigenvalue weighted by Gasteiger charge is -2.31.